The summed E-state index contributed by atoms with van der Waals surface area (Å²) in [7, 11) is 0. The average molecular weight is 1560 g/mol. The number of nitrogens with one attached hydrogen (secondary N) is 6. The van der Waals surface area contributed by atoms with Crippen LogP contribution in [0.3, 0.4) is 0 Å². The van der Waals surface area contributed by atoms with Gasteiger partial charge in [-0.1, -0.05) is 72.1 Å². The van der Waals surface area contributed by atoms with E-state index in [0.29, 0.717) is 116 Å². The highest BCUT2D eigenvalue weighted by Crippen LogP contribution is 2.12. The fraction of sp³-hybridized carbons (Fsp3) is 0.729. The summed E-state index contributed by atoms with van der Waals surface area (Å²) in [5, 5.41) is 59.9. The molecule has 109 heavy (non-hydrogen) atoms. The highest BCUT2D eigenvalue weighted by atomic mass is 16.4. The van der Waals surface area contributed by atoms with E-state index in [-0.39, 0.29) is 136 Å². The van der Waals surface area contributed by atoms with Gasteiger partial charge in [0.1, 0.15) is 53.3 Å². The third-order valence-electron chi connectivity index (χ3n) is 14.9. The van der Waals surface area contributed by atoms with Gasteiger partial charge in [0.25, 0.3) is 0 Å². The number of aliphatic carboxylic acids is 5. The number of amides is 7. The summed E-state index contributed by atoms with van der Waals surface area (Å²) < 4.78 is 0. The van der Waals surface area contributed by atoms with Crippen LogP contribution in [-0.2, 0) is 67.1 Å². The fourth-order valence-electron chi connectivity index (χ4n) is 9.19. The van der Waals surface area contributed by atoms with Gasteiger partial charge < -0.3 is 128 Å². The van der Waals surface area contributed by atoms with Gasteiger partial charge in [0.15, 0.2) is 23.8 Å². The highest BCUT2D eigenvalue weighted by molar-refractivity contribution is 5.88. The van der Waals surface area contributed by atoms with E-state index in [0.717, 1.165) is 83.5 Å². The molecule has 0 rings (SSSR count). The van der Waals surface area contributed by atoms with Gasteiger partial charge in [-0.15, -0.1) is 0 Å². The van der Waals surface area contributed by atoms with Crippen LogP contribution in [-0.4, -0.2) is 201 Å². The van der Waals surface area contributed by atoms with Crippen LogP contribution < -0.4 is 83.5 Å². The third-order valence-corrected chi connectivity index (χ3v) is 14.9. The molecule has 0 fully saturated rings. The number of nitrogens with zero attached hydrogens (tertiary/aromatic N) is 4. The number of ketones is 4. The van der Waals surface area contributed by atoms with Crippen molar-refractivity contribution in [1.82, 2.24) is 31.9 Å². The van der Waals surface area contributed by atoms with Crippen molar-refractivity contribution < 1.29 is 97.5 Å². The van der Waals surface area contributed by atoms with E-state index >= 15 is 0 Å². The van der Waals surface area contributed by atoms with Crippen LogP contribution in [0.4, 0.5) is 4.79 Å². The number of carbonyl (C=O) groups is 15. The number of Topliss-reactive ketones (excluding diaryl/α,β-unsaturated/α-hetero) is 4. The van der Waals surface area contributed by atoms with Crippen LogP contribution >= 0.6 is 0 Å². The molecule has 0 heterocycles. The molecule has 628 valence electrons. The lowest BCUT2D eigenvalue weighted by atomic mass is 10.1. The lowest BCUT2D eigenvalue weighted by Gasteiger charge is -2.14. The summed E-state index contributed by atoms with van der Waals surface area (Å²) >= 11 is 0. The van der Waals surface area contributed by atoms with Gasteiger partial charge in [0, 0.05) is 90.5 Å². The van der Waals surface area contributed by atoms with Gasteiger partial charge in [0.2, 0.25) is 29.5 Å². The van der Waals surface area contributed by atoms with Gasteiger partial charge in [-0.2, -0.15) is 0 Å². The molecule has 0 aromatic carbocycles. The summed E-state index contributed by atoms with van der Waals surface area (Å²) in [4.78, 5) is 182. The van der Waals surface area contributed by atoms with Crippen LogP contribution in [0.25, 0.3) is 0 Å². The Morgan fingerprint density at radius 2 is 0.477 bits per heavy atom. The molecular formula is C70H133N19O20. The molecule has 0 aliphatic heterocycles. The molecule has 5 unspecified atom stereocenters. The minimum absolute atomic E-state index is 0. The summed E-state index contributed by atoms with van der Waals surface area (Å²) in [6.45, 7) is 9.71. The molecule has 7 amide bonds. The largest absolute Gasteiger partial charge is 0.480 e. The zero-order chi connectivity index (χ0) is 83.2. The van der Waals surface area contributed by atoms with Crippen molar-refractivity contribution in [2.45, 2.75) is 297 Å². The summed E-state index contributed by atoms with van der Waals surface area (Å²) in [6.07, 6.45) is 20.6. The topological polar surface area (TPSA) is 713 Å². The predicted molar refractivity (Wildman–Crippen MR) is 415 cm³/mol. The number of hydrogen-bond acceptors (Lipinski definition) is 19. The number of carboxylic acid groups (broad SMARTS) is 5. The van der Waals surface area contributed by atoms with Crippen molar-refractivity contribution in [2.75, 3.05) is 32.7 Å². The van der Waals surface area contributed by atoms with Gasteiger partial charge in [-0.25, -0.2) is 28.8 Å². The lowest BCUT2D eigenvalue weighted by Crippen LogP contribution is -2.41. The maximum atomic E-state index is 11.8. The molecule has 0 bridgehead atoms. The molecule has 0 saturated carbocycles. The van der Waals surface area contributed by atoms with E-state index < -0.39 is 72.0 Å². The van der Waals surface area contributed by atoms with Crippen molar-refractivity contribution in [3.8, 4) is 0 Å². The summed E-state index contributed by atoms with van der Waals surface area (Å²) in [5.41, 5.74) is 46.2. The zero-order valence-corrected chi connectivity index (χ0v) is 64.0. The number of rotatable bonds is 59. The van der Waals surface area contributed by atoms with Crippen LogP contribution in [0.2, 0.25) is 0 Å². The number of unbranched alkanes of at least 4 members (excludes halogenated alkanes) is 12. The quantitative estimate of drug-likeness (QED) is 0.0236. The summed E-state index contributed by atoms with van der Waals surface area (Å²) in [6, 6.07) is -5.34. The number of nitrogens with two attached hydrogens (primary N) is 9. The molecule has 29 N–H and O–H groups in total. The van der Waals surface area contributed by atoms with E-state index in [9.17, 15) is 71.9 Å². The minimum Gasteiger partial charge on any atom is -0.480 e. The minimum atomic E-state index is -1.12. The Labute approximate surface area is 640 Å². The smallest absolute Gasteiger partial charge is 0.326 e. The third kappa shape index (κ3) is 84.9. The molecule has 0 radical (unpaired) electrons. The Bertz CT molecular complexity index is 2790. The van der Waals surface area contributed by atoms with E-state index in [1.807, 2.05) is 0 Å². The first-order valence-corrected chi connectivity index (χ1v) is 36.6. The predicted octanol–water partition coefficient (Wildman–Crippen LogP) is 2.21. The average Bonchev–Trinajstić information content (AvgIpc) is 0.967. The SMILES string of the molecule is C.CC(=O)CCC(=O)NC(CCCN=C(N)N)C(=O)O.CC(=O)CCCCC(=O)NC(CCCN=C(N)N)C(=O)O.CC(=O)CCCCCCC(=O)NC(CCCNC(N)=O)C(=O)O.CC(=O)CCCCCCCCC(=O)NC(CCCN=C(N)N)C(=O)O.CCCCCCC(=O)NC(CCCN=C(N)N)C(=O)O. The van der Waals surface area contributed by atoms with Gasteiger partial charge in [0.05, 0.1) is 0 Å². The number of carboxylic acids is 5. The Balaban J connectivity index is -0.000000304. The Hall–Kier alpha value is -10.3. The second kappa shape index (κ2) is 73.3. The lowest BCUT2D eigenvalue weighted by molar-refractivity contribution is -0.142. The van der Waals surface area contributed by atoms with E-state index in [2.05, 4.69) is 58.8 Å². The molecule has 0 aliphatic rings. The Morgan fingerprint density at radius 1 is 0.275 bits per heavy atom. The van der Waals surface area contributed by atoms with Crippen LogP contribution in [0.5, 0.6) is 0 Å². The van der Waals surface area contributed by atoms with E-state index in [1.165, 1.54) is 13.8 Å². The standard InChI is InChI=1S/C17H32N4O4.C15H27N3O5.C13H24N4O4.C13H26N4O3.C11H20N4O4.CH4/c1-13(22)9-6-4-2-3-5-7-11-15(23)21-14(16(24)25)10-8-12-20-17(18)19;1-11(19)7-4-2-3-5-9-13(20)18-12(14(21)22)8-6-10-17-15(16)23;1-9(18)5-2-3-7-11(19)17-10(12(20)21)6-4-8-16-13(14)15;1-2-3-4-5-8-11(18)17-10(12(19)20)7-6-9-16-13(14)15;1-7(16)4-5-9(17)15-8(10(18)19)3-2-6-14-11(12)13;/h14H,2-12H2,1H3,(H,21,23)(H,24,25)(H4,18,19,20);12H,2-10H2,1H3,(H,18,20)(H,21,22)(H3,16,17,23);10H,2-8H2,1H3,(H,17,19)(H,20,21)(H4,14,15,16);10H,2-9H2,1H3,(H,17,18)(H,19,20)(H4,14,15,16);8H,2-6H2,1H3,(H,15,17)(H,18,19)(H4,12,13,14);1H4. The Kier molecular flexibility index (Phi) is 73.7. The maximum absolute atomic E-state index is 11.8. The first-order chi connectivity index (χ1) is 50.8. The Morgan fingerprint density at radius 3 is 0.697 bits per heavy atom. The monoisotopic (exact) mass is 1560 g/mol. The second-order valence-electron chi connectivity index (χ2n) is 25.4. The molecule has 0 aromatic heterocycles. The molecule has 5 atom stereocenters. The number of carbonyl (C=O) groups excluding carboxylic acids is 10. The van der Waals surface area contributed by atoms with Crippen LogP contribution in [0, 0.1) is 0 Å². The summed E-state index contributed by atoms with van der Waals surface area (Å²) in [5.74, 6) is -6.72. The van der Waals surface area contributed by atoms with Crippen molar-refractivity contribution in [1.29, 1.82) is 0 Å². The van der Waals surface area contributed by atoms with Crippen molar-refractivity contribution >= 4 is 112 Å². The van der Waals surface area contributed by atoms with Crippen LogP contribution in [0.15, 0.2) is 20.0 Å². The first kappa shape index (κ1) is 110. The fourth-order valence-corrected chi connectivity index (χ4v) is 9.19. The molecule has 39 nitrogen and oxygen atoms in total. The van der Waals surface area contributed by atoms with Crippen molar-refractivity contribution in [3.05, 3.63) is 0 Å². The molecule has 0 saturated heterocycles. The van der Waals surface area contributed by atoms with E-state index in [4.69, 9.17) is 77.1 Å². The van der Waals surface area contributed by atoms with Gasteiger partial charge in [-0.3, -0.25) is 43.9 Å². The number of hydrogen-bond donors (Lipinski definition) is 20. The van der Waals surface area contributed by atoms with Gasteiger partial charge in [-0.05, 0) is 137 Å². The second-order valence-corrected chi connectivity index (χ2v) is 25.4. The van der Waals surface area contributed by atoms with Crippen molar-refractivity contribution in [3.63, 3.8) is 0 Å². The zero-order valence-electron chi connectivity index (χ0n) is 64.0. The number of primary amides is 1. The highest BCUT2D eigenvalue weighted by Gasteiger charge is 2.24. The number of urea groups is 1. The van der Waals surface area contributed by atoms with Gasteiger partial charge >= 0.3 is 35.9 Å². The first-order valence-electron chi connectivity index (χ1n) is 36.6. The normalized spacial score (nSPS) is 11.4. The number of guanidine groups is 4. The molecule has 0 aliphatic carbocycles. The molecule has 39 heteroatoms. The number of aliphatic imine (C=N–C) groups is 4. The van der Waals surface area contributed by atoms with E-state index in [1.54, 1.807) is 13.8 Å². The van der Waals surface area contributed by atoms with Crippen LogP contribution in [0.1, 0.15) is 267 Å². The molecule has 0 aromatic rings. The maximum Gasteiger partial charge on any atom is 0.326 e. The molecular weight excluding hydrogens is 1430 g/mol. The molecule has 0 spiro atoms. The van der Waals surface area contributed by atoms with Crippen molar-refractivity contribution in [2.24, 2.45) is 71.6 Å².